The third-order valence-electron chi connectivity index (χ3n) is 3.16. The van der Waals surface area contributed by atoms with Crippen molar-refractivity contribution in [2.75, 3.05) is 13.7 Å². The molecule has 3 nitrogen and oxygen atoms in total. The number of likely N-dealkylation sites (N-methyl/N-ethyl adjacent to an activating group) is 1. The zero-order valence-corrected chi connectivity index (χ0v) is 12.9. The average molecular weight is 263 g/mol. The van der Waals surface area contributed by atoms with Crippen LogP contribution in [0.15, 0.2) is 24.3 Å². The molecule has 0 heterocycles. The SMILES string of the molecule is Cc1ccc(C(C)N(C)C(=O)COC(C)(C)C)cc1. The molecule has 0 bridgehead atoms. The second kappa shape index (κ2) is 6.20. The molecule has 1 rings (SSSR count). The van der Waals surface area contributed by atoms with Gasteiger partial charge in [-0.1, -0.05) is 29.8 Å². The van der Waals surface area contributed by atoms with Crippen LogP contribution in [0.4, 0.5) is 0 Å². The normalized spacial score (nSPS) is 13.2. The smallest absolute Gasteiger partial charge is 0.248 e. The molecule has 0 saturated heterocycles. The van der Waals surface area contributed by atoms with Gasteiger partial charge < -0.3 is 9.64 Å². The Bertz CT molecular complexity index is 417. The van der Waals surface area contributed by atoms with Gasteiger partial charge >= 0.3 is 0 Å². The van der Waals surface area contributed by atoms with Crippen LogP contribution in [0.25, 0.3) is 0 Å². The van der Waals surface area contributed by atoms with E-state index in [-0.39, 0.29) is 24.2 Å². The fourth-order valence-electron chi connectivity index (χ4n) is 1.66. The Kier molecular flexibility index (Phi) is 5.12. The number of aryl methyl sites for hydroxylation is 1. The maximum Gasteiger partial charge on any atom is 0.248 e. The average Bonchev–Trinajstić information content (AvgIpc) is 2.34. The third kappa shape index (κ3) is 5.03. The van der Waals surface area contributed by atoms with Crippen LogP contribution >= 0.6 is 0 Å². The van der Waals surface area contributed by atoms with Crippen molar-refractivity contribution in [1.29, 1.82) is 0 Å². The Morgan fingerprint density at radius 2 is 1.79 bits per heavy atom. The molecule has 1 amide bonds. The predicted molar refractivity (Wildman–Crippen MR) is 78.1 cm³/mol. The lowest BCUT2D eigenvalue weighted by molar-refractivity contribution is -0.141. The van der Waals surface area contributed by atoms with Gasteiger partial charge in [-0.2, -0.15) is 0 Å². The van der Waals surface area contributed by atoms with Gasteiger partial charge in [0.15, 0.2) is 0 Å². The van der Waals surface area contributed by atoms with Crippen LogP contribution in [0.3, 0.4) is 0 Å². The molecule has 0 radical (unpaired) electrons. The van der Waals surface area contributed by atoms with Crippen molar-refractivity contribution in [2.24, 2.45) is 0 Å². The van der Waals surface area contributed by atoms with Crippen molar-refractivity contribution < 1.29 is 9.53 Å². The van der Waals surface area contributed by atoms with Crippen LogP contribution in [-0.2, 0) is 9.53 Å². The molecule has 1 aromatic carbocycles. The van der Waals surface area contributed by atoms with E-state index < -0.39 is 0 Å². The molecule has 106 valence electrons. The van der Waals surface area contributed by atoms with E-state index in [1.54, 1.807) is 4.90 Å². The molecule has 0 saturated carbocycles. The van der Waals surface area contributed by atoms with E-state index in [0.29, 0.717) is 0 Å². The van der Waals surface area contributed by atoms with Crippen LogP contribution in [0.1, 0.15) is 44.9 Å². The summed E-state index contributed by atoms with van der Waals surface area (Å²) < 4.78 is 5.53. The van der Waals surface area contributed by atoms with Gasteiger partial charge in [-0.3, -0.25) is 4.79 Å². The lowest BCUT2D eigenvalue weighted by Crippen LogP contribution is -2.35. The summed E-state index contributed by atoms with van der Waals surface area (Å²) in [5.41, 5.74) is 2.07. The van der Waals surface area contributed by atoms with E-state index in [0.717, 1.165) is 5.56 Å². The van der Waals surface area contributed by atoms with E-state index >= 15 is 0 Å². The monoisotopic (exact) mass is 263 g/mol. The molecule has 0 aromatic heterocycles. The number of amides is 1. The summed E-state index contributed by atoms with van der Waals surface area (Å²) in [5, 5.41) is 0. The Balaban J connectivity index is 2.63. The molecule has 1 atom stereocenters. The Labute approximate surface area is 116 Å². The fourth-order valence-corrected chi connectivity index (χ4v) is 1.66. The summed E-state index contributed by atoms with van der Waals surface area (Å²) in [6.07, 6.45) is 0. The maximum atomic E-state index is 12.1. The number of carbonyl (C=O) groups is 1. The first-order valence-electron chi connectivity index (χ1n) is 6.67. The molecule has 0 fully saturated rings. The number of carbonyl (C=O) groups excluding carboxylic acids is 1. The summed E-state index contributed by atoms with van der Waals surface area (Å²) >= 11 is 0. The highest BCUT2D eigenvalue weighted by molar-refractivity contribution is 5.77. The van der Waals surface area contributed by atoms with Crippen LogP contribution in [-0.4, -0.2) is 30.1 Å². The maximum absolute atomic E-state index is 12.1. The van der Waals surface area contributed by atoms with E-state index in [2.05, 4.69) is 31.2 Å². The molecule has 0 spiro atoms. The minimum absolute atomic E-state index is 0.00278. The molecular formula is C16H25NO2. The molecule has 1 aromatic rings. The third-order valence-corrected chi connectivity index (χ3v) is 3.16. The van der Waals surface area contributed by atoms with Gasteiger partial charge in [-0.25, -0.2) is 0 Å². The topological polar surface area (TPSA) is 29.5 Å². The lowest BCUT2D eigenvalue weighted by Gasteiger charge is -2.27. The van der Waals surface area contributed by atoms with Gasteiger partial charge in [0.2, 0.25) is 5.91 Å². The number of rotatable bonds is 4. The lowest BCUT2D eigenvalue weighted by atomic mass is 10.1. The highest BCUT2D eigenvalue weighted by Gasteiger charge is 2.20. The molecule has 19 heavy (non-hydrogen) atoms. The molecule has 3 heteroatoms. The van der Waals surface area contributed by atoms with Gasteiger partial charge in [0.1, 0.15) is 6.61 Å². The van der Waals surface area contributed by atoms with Crippen LogP contribution in [0, 0.1) is 6.92 Å². The van der Waals surface area contributed by atoms with Crippen molar-refractivity contribution >= 4 is 5.91 Å². The first-order valence-corrected chi connectivity index (χ1v) is 6.67. The highest BCUT2D eigenvalue weighted by atomic mass is 16.5. The highest BCUT2D eigenvalue weighted by Crippen LogP contribution is 2.19. The zero-order valence-electron chi connectivity index (χ0n) is 12.9. The van der Waals surface area contributed by atoms with Crippen molar-refractivity contribution in [2.45, 2.75) is 46.3 Å². The molecular weight excluding hydrogens is 238 g/mol. The second-order valence-corrected chi connectivity index (χ2v) is 5.99. The van der Waals surface area contributed by atoms with E-state index in [1.807, 2.05) is 34.7 Å². The van der Waals surface area contributed by atoms with Crippen molar-refractivity contribution in [3.63, 3.8) is 0 Å². The Morgan fingerprint density at radius 1 is 1.26 bits per heavy atom. The van der Waals surface area contributed by atoms with Crippen molar-refractivity contribution in [3.05, 3.63) is 35.4 Å². The molecule has 0 N–H and O–H groups in total. The fraction of sp³-hybridized carbons (Fsp3) is 0.562. The Hall–Kier alpha value is -1.35. The summed E-state index contributed by atoms with van der Waals surface area (Å²) in [7, 11) is 1.82. The van der Waals surface area contributed by atoms with E-state index in [1.165, 1.54) is 5.56 Å². The number of ether oxygens (including phenoxy) is 1. The van der Waals surface area contributed by atoms with E-state index in [9.17, 15) is 4.79 Å². The van der Waals surface area contributed by atoms with Gasteiger partial charge in [-0.05, 0) is 40.2 Å². The Morgan fingerprint density at radius 3 is 2.26 bits per heavy atom. The number of hydrogen-bond acceptors (Lipinski definition) is 2. The summed E-state index contributed by atoms with van der Waals surface area (Å²) in [6.45, 7) is 10.0. The number of benzene rings is 1. The van der Waals surface area contributed by atoms with Crippen LogP contribution in [0.5, 0.6) is 0 Å². The van der Waals surface area contributed by atoms with Crippen molar-refractivity contribution in [1.82, 2.24) is 4.90 Å². The van der Waals surface area contributed by atoms with Crippen molar-refractivity contribution in [3.8, 4) is 0 Å². The minimum Gasteiger partial charge on any atom is -0.366 e. The van der Waals surface area contributed by atoms with Gasteiger partial charge in [0, 0.05) is 7.05 Å². The van der Waals surface area contributed by atoms with Crippen LogP contribution in [0.2, 0.25) is 0 Å². The minimum atomic E-state index is -0.288. The largest absolute Gasteiger partial charge is 0.366 e. The first-order chi connectivity index (χ1) is 8.70. The second-order valence-electron chi connectivity index (χ2n) is 5.99. The van der Waals surface area contributed by atoms with Gasteiger partial charge in [0.05, 0.1) is 11.6 Å². The first kappa shape index (κ1) is 15.7. The van der Waals surface area contributed by atoms with Gasteiger partial charge in [0.25, 0.3) is 0 Å². The molecule has 0 aliphatic rings. The summed E-state index contributed by atoms with van der Waals surface area (Å²) in [4.78, 5) is 13.8. The van der Waals surface area contributed by atoms with Crippen LogP contribution < -0.4 is 0 Å². The summed E-state index contributed by atoms with van der Waals surface area (Å²) in [5.74, 6) is 0.00278. The standard InChI is InChI=1S/C16H25NO2/c1-12-7-9-14(10-8-12)13(2)17(6)15(18)11-19-16(3,4)5/h7-10,13H,11H2,1-6H3. The zero-order chi connectivity index (χ0) is 14.6. The molecule has 0 aliphatic carbocycles. The number of hydrogen-bond donors (Lipinski definition) is 0. The summed E-state index contributed by atoms with van der Waals surface area (Å²) in [6, 6.07) is 8.31. The quantitative estimate of drug-likeness (QED) is 0.834. The van der Waals surface area contributed by atoms with E-state index in [4.69, 9.17) is 4.74 Å². The molecule has 0 aliphatic heterocycles. The predicted octanol–water partition coefficient (Wildman–Crippen LogP) is 3.33. The molecule has 1 unspecified atom stereocenters. The van der Waals surface area contributed by atoms with Gasteiger partial charge in [-0.15, -0.1) is 0 Å². The number of nitrogens with zero attached hydrogens (tertiary/aromatic N) is 1.